The van der Waals surface area contributed by atoms with Crippen molar-refractivity contribution in [3.05, 3.63) is 59.9 Å². The Kier molecular flexibility index (Phi) is 5.48. The molecule has 30 heavy (non-hydrogen) atoms. The summed E-state index contributed by atoms with van der Waals surface area (Å²) in [6.07, 6.45) is 7.35. The predicted molar refractivity (Wildman–Crippen MR) is 112 cm³/mol. The molecule has 1 saturated carbocycles. The normalized spacial score (nSPS) is 18.5. The van der Waals surface area contributed by atoms with Gasteiger partial charge in [0.1, 0.15) is 0 Å². The highest BCUT2D eigenvalue weighted by atomic mass is 16.3. The summed E-state index contributed by atoms with van der Waals surface area (Å²) in [5.74, 6) is 0.961. The van der Waals surface area contributed by atoms with Crippen LogP contribution >= 0.6 is 0 Å². The Morgan fingerprint density at radius 1 is 1.13 bits per heavy atom. The van der Waals surface area contributed by atoms with Crippen LogP contribution in [0.25, 0.3) is 16.9 Å². The topological polar surface area (TPSA) is 104 Å². The minimum atomic E-state index is -0.128. The van der Waals surface area contributed by atoms with Gasteiger partial charge in [-0.15, -0.1) is 0 Å². The zero-order valence-corrected chi connectivity index (χ0v) is 16.7. The summed E-state index contributed by atoms with van der Waals surface area (Å²) in [5.41, 5.74) is 2.31. The van der Waals surface area contributed by atoms with Crippen LogP contribution in [0.1, 0.15) is 48.5 Å². The van der Waals surface area contributed by atoms with Gasteiger partial charge in [-0.2, -0.15) is 15.0 Å². The van der Waals surface area contributed by atoms with Gasteiger partial charge in [0.25, 0.3) is 5.91 Å². The lowest BCUT2D eigenvalue weighted by Gasteiger charge is -2.26. The van der Waals surface area contributed by atoms with Crippen molar-refractivity contribution in [1.29, 1.82) is 5.26 Å². The maximum Gasteiger partial charge on any atom is 0.253 e. The van der Waals surface area contributed by atoms with Crippen molar-refractivity contribution in [2.24, 2.45) is 5.92 Å². The van der Waals surface area contributed by atoms with Gasteiger partial charge in [-0.25, -0.2) is 4.98 Å². The van der Waals surface area contributed by atoms with Crippen LogP contribution < -0.4 is 5.32 Å². The Bertz CT molecular complexity index is 1070. The van der Waals surface area contributed by atoms with E-state index in [4.69, 9.17) is 5.26 Å². The van der Waals surface area contributed by atoms with E-state index in [1.807, 2.05) is 0 Å². The van der Waals surface area contributed by atoms with Crippen molar-refractivity contribution >= 4 is 5.91 Å². The molecule has 1 aromatic carbocycles. The fourth-order valence-electron chi connectivity index (χ4n) is 3.76. The Morgan fingerprint density at radius 2 is 1.87 bits per heavy atom. The minimum absolute atomic E-state index is 0.0549. The summed E-state index contributed by atoms with van der Waals surface area (Å²) in [5, 5.41) is 26.8. The quantitative estimate of drug-likeness (QED) is 0.692. The Labute approximate surface area is 175 Å². The molecule has 0 atom stereocenters. The lowest BCUT2D eigenvalue weighted by atomic mass is 9.87. The number of carbonyl (C=O) groups is 1. The van der Waals surface area contributed by atoms with Crippen LogP contribution in [0.2, 0.25) is 0 Å². The SMILES string of the molecule is C[C@H]1CC[C@H](NC(=O)c2ccc(-n3ncc(-c4ccc(C#N)cc4)c3O)nc2)CC1. The standard InChI is InChI=1S/C23H23N5O2/c1-15-2-9-19(10-3-15)27-22(29)18-8-11-21(25-13-18)28-23(30)20(14-26-28)17-6-4-16(12-24)5-7-17/h4-8,11,13-15,19,30H,2-3,9-10H2,1H3,(H,27,29)/t15-,19-. The summed E-state index contributed by atoms with van der Waals surface area (Å²) < 4.78 is 1.32. The van der Waals surface area contributed by atoms with Gasteiger partial charge in [0.05, 0.1) is 29.0 Å². The predicted octanol–water partition coefficient (Wildman–Crippen LogP) is 3.82. The number of benzene rings is 1. The van der Waals surface area contributed by atoms with Crippen molar-refractivity contribution in [3.8, 4) is 28.9 Å². The number of amides is 1. The number of nitrogens with zero attached hydrogens (tertiary/aromatic N) is 4. The first-order chi connectivity index (χ1) is 14.5. The second-order valence-electron chi connectivity index (χ2n) is 7.82. The van der Waals surface area contributed by atoms with Gasteiger partial charge in [-0.1, -0.05) is 19.1 Å². The Morgan fingerprint density at radius 3 is 2.50 bits per heavy atom. The molecule has 7 heteroatoms. The molecule has 0 aliphatic heterocycles. The maximum absolute atomic E-state index is 12.5. The highest BCUT2D eigenvalue weighted by molar-refractivity contribution is 5.94. The molecular formula is C23H23N5O2. The molecule has 1 fully saturated rings. The largest absolute Gasteiger partial charge is 0.493 e. The summed E-state index contributed by atoms with van der Waals surface area (Å²) in [4.78, 5) is 16.8. The molecule has 3 aromatic rings. The molecule has 1 aliphatic rings. The van der Waals surface area contributed by atoms with E-state index in [2.05, 4.69) is 28.4 Å². The van der Waals surface area contributed by atoms with E-state index in [0.29, 0.717) is 22.5 Å². The molecule has 0 unspecified atom stereocenters. The van der Waals surface area contributed by atoms with E-state index in [1.165, 1.54) is 10.9 Å². The van der Waals surface area contributed by atoms with E-state index in [-0.39, 0.29) is 17.8 Å². The molecule has 1 amide bonds. The zero-order chi connectivity index (χ0) is 21.1. The molecule has 4 rings (SSSR count). The van der Waals surface area contributed by atoms with Gasteiger partial charge in [0.15, 0.2) is 5.82 Å². The molecule has 0 bridgehead atoms. The molecule has 0 spiro atoms. The van der Waals surface area contributed by atoms with Gasteiger partial charge in [-0.3, -0.25) is 4.79 Å². The molecule has 0 saturated heterocycles. The number of rotatable bonds is 4. The average molecular weight is 401 g/mol. The van der Waals surface area contributed by atoms with Crippen molar-refractivity contribution in [2.75, 3.05) is 0 Å². The van der Waals surface area contributed by atoms with E-state index in [1.54, 1.807) is 42.6 Å². The number of hydrogen-bond donors (Lipinski definition) is 2. The van der Waals surface area contributed by atoms with Gasteiger partial charge in [-0.05, 0) is 61.4 Å². The van der Waals surface area contributed by atoms with Crippen molar-refractivity contribution in [1.82, 2.24) is 20.1 Å². The van der Waals surface area contributed by atoms with Crippen LogP contribution in [0, 0.1) is 17.2 Å². The molecule has 2 aromatic heterocycles. The minimum Gasteiger partial charge on any atom is -0.493 e. The molecule has 7 nitrogen and oxygen atoms in total. The van der Waals surface area contributed by atoms with Crippen LogP contribution in [0.5, 0.6) is 5.88 Å². The lowest BCUT2D eigenvalue weighted by molar-refractivity contribution is 0.0922. The fraction of sp³-hybridized carbons (Fsp3) is 0.304. The third-order valence-electron chi connectivity index (χ3n) is 5.65. The van der Waals surface area contributed by atoms with E-state index in [0.717, 1.165) is 37.2 Å². The van der Waals surface area contributed by atoms with Gasteiger partial charge in [0, 0.05) is 12.2 Å². The van der Waals surface area contributed by atoms with Crippen LogP contribution in [0.4, 0.5) is 0 Å². The monoisotopic (exact) mass is 401 g/mol. The zero-order valence-electron chi connectivity index (χ0n) is 16.7. The van der Waals surface area contributed by atoms with Gasteiger partial charge >= 0.3 is 0 Å². The number of aromatic hydroxyl groups is 1. The van der Waals surface area contributed by atoms with Crippen molar-refractivity contribution < 1.29 is 9.90 Å². The van der Waals surface area contributed by atoms with Crippen LogP contribution in [0.3, 0.4) is 0 Å². The third-order valence-corrected chi connectivity index (χ3v) is 5.65. The number of carbonyl (C=O) groups excluding carboxylic acids is 1. The number of nitriles is 1. The Hall–Kier alpha value is -3.66. The first kappa shape index (κ1) is 19.6. The van der Waals surface area contributed by atoms with Gasteiger partial charge < -0.3 is 10.4 Å². The number of aromatic nitrogens is 3. The van der Waals surface area contributed by atoms with Crippen LogP contribution in [-0.2, 0) is 0 Å². The Balaban J connectivity index is 1.48. The fourth-order valence-corrected chi connectivity index (χ4v) is 3.76. The number of hydrogen-bond acceptors (Lipinski definition) is 5. The lowest BCUT2D eigenvalue weighted by Crippen LogP contribution is -2.37. The average Bonchev–Trinajstić information content (AvgIpc) is 3.16. The van der Waals surface area contributed by atoms with Crippen molar-refractivity contribution in [3.63, 3.8) is 0 Å². The highest BCUT2D eigenvalue weighted by Crippen LogP contribution is 2.30. The van der Waals surface area contributed by atoms with E-state index < -0.39 is 0 Å². The third kappa shape index (κ3) is 4.03. The molecule has 0 radical (unpaired) electrons. The highest BCUT2D eigenvalue weighted by Gasteiger charge is 2.21. The maximum atomic E-state index is 12.5. The van der Waals surface area contributed by atoms with Crippen LogP contribution in [0.15, 0.2) is 48.8 Å². The summed E-state index contributed by atoms with van der Waals surface area (Å²) in [7, 11) is 0. The molecule has 2 N–H and O–H groups in total. The summed E-state index contributed by atoms with van der Waals surface area (Å²) in [6.45, 7) is 2.25. The molecule has 152 valence electrons. The number of pyridine rings is 1. The second kappa shape index (κ2) is 8.37. The van der Waals surface area contributed by atoms with Crippen LogP contribution in [-0.4, -0.2) is 31.8 Å². The summed E-state index contributed by atoms with van der Waals surface area (Å²) in [6, 6.07) is 12.5. The van der Waals surface area contributed by atoms with E-state index in [9.17, 15) is 9.90 Å². The molecule has 1 aliphatic carbocycles. The molecule has 2 heterocycles. The first-order valence-corrected chi connectivity index (χ1v) is 10.1. The molecular weight excluding hydrogens is 378 g/mol. The van der Waals surface area contributed by atoms with Gasteiger partial charge in [0.2, 0.25) is 5.88 Å². The smallest absolute Gasteiger partial charge is 0.253 e. The second-order valence-corrected chi connectivity index (χ2v) is 7.82. The number of nitrogens with one attached hydrogen (secondary N) is 1. The van der Waals surface area contributed by atoms with E-state index >= 15 is 0 Å². The first-order valence-electron chi connectivity index (χ1n) is 10.1. The summed E-state index contributed by atoms with van der Waals surface area (Å²) >= 11 is 0. The van der Waals surface area contributed by atoms with Crippen molar-refractivity contribution in [2.45, 2.75) is 38.6 Å².